The molecule has 0 unspecified atom stereocenters. The molecule has 0 saturated heterocycles. The van der Waals surface area contributed by atoms with Crippen molar-refractivity contribution in [1.29, 1.82) is 0 Å². The van der Waals surface area contributed by atoms with E-state index >= 15 is 0 Å². The van der Waals surface area contributed by atoms with E-state index in [9.17, 15) is 9.59 Å². The van der Waals surface area contributed by atoms with Crippen molar-refractivity contribution in [3.05, 3.63) is 42.0 Å². The van der Waals surface area contributed by atoms with E-state index in [0.717, 1.165) is 16.8 Å². The summed E-state index contributed by atoms with van der Waals surface area (Å²) in [5, 5.41) is 11.6. The minimum atomic E-state index is -0.922. The van der Waals surface area contributed by atoms with Crippen LogP contribution in [-0.2, 0) is 11.2 Å². The summed E-state index contributed by atoms with van der Waals surface area (Å²) in [6, 6.07) is 5.61. The average Bonchev–Trinajstić information content (AvgIpc) is 2.46. The van der Waals surface area contributed by atoms with Crippen LogP contribution in [0.4, 0.5) is 10.5 Å². The Labute approximate surface area is 131 Å². The Morgan fingerprint density at radius 1 is 1.41 bits per heavy atom. The third kappa shape index (κ3) is 4.91. The van der Waals surface area contributed by atoms with Gasteiger partial charge in [-0.3, -0.25) is 4.79 Å². The number of carbonyl (C=O) groups is 2. The van der Waals surface area contributed by atoms with Gasteiger partial charge in [0.05, 0.1) is 6.42 Å². The molecule has 0 fully saturated rings. The fourth-order valence-corrected chi connectivity index (χ4v) is 2.15. The molecule has 2 amide bonds. The van der Waals surface area contributed by atoms with Crippen molar-refractivity contribution >= 4 is 17.7 Å². The number of allylic oxidation sites excluding steroid dienone is 1. The lowest BCUT2D eigenvalue weighted by atomic mass is 9.96. The molecule has 0 heterocycles. The van der Waals surface area contributed by atoms with Gasteiger partial charge in [-0.15, -0.1) is 6.58 Å². The molecule has 1 aromatic carbocycles. The molecular weight excluding hydrogens is 280 g/mol. The maximum absolute atomic E-state index is 12.3. The number of hydrogen-bond acceptors (Lipinski definition) is 2. The minimum absolute atomic E-state index is 0.0741. The Kier molecular flexibility index (Phi) is 6.63. The van der Waals surface area contributed by atoms with Gasteiger partial charge in [-0.05, 0) is 23.5 Å². The van der Waals surface area contributed by atoms with E-state index < -0.39 is 5.97 Å². The third-order valence-corrected chi connectivity index (χ3v) is 3.41. The fraction of sp³-hybridized carbons (Fsp3) is 0.412. The number of benzene rings is 1. The minimum Gasteiger partial charge on any atom is -0.481 e. The molecule has 5 nitrogen and oxygen atoms in total. The smallest absolute Gasteiger partial charge is 0.321 e. The zero-order valence-corrected chi connectivity index (χ0v) is 13.4. The van der Waals surface area contributed by atoms with Crippen LogP contribution in [0.25, 0.3) is 0 Å². The number of hydrogen-bond donors (Lipinski definition) is 2. The first kappa shape index (κ1) is 17.8. The molecule has 0 saturated carbocycles. The Balaban J connectivity index is 2.96. The van der Waals surface area contributed by atoms with Gasteiger partial charge >= 0.3 is 12.0 Å². The number of aliphatic carboxylic acids is 1. The van der Waals surface area contributed by atoms with Gasteiger partial charge in [-0.25, -0.2) is 4.79 Å². The molecule has 2 N–H and O–H groups in total. The molecule has 0 atom stereocenters. The van der Waals surface area contributed by atoms with Crippen molar-refractivity contribution in [3.63, 3.8) is 0 Å². The molecule has 0 aromatic heterocycles. The van der Waals surface area contributed by atoms with Crippen LogP contribution >= 0.6 is 0 Å². The van der Waals surface area contributed by atoms with Gasteiger partial charge in [0.2, 0.25) is 0 Å². The van der Waals surface area contributed by atoms with E-state index in [1.807, 2.05) is 18.2 Å². The van der Waals surface area contributed by atoms with Crippen LogP contribution in [0.2, 0.25) is 0 Å². The second kappa shape index (κ2) is 8.22. The predicted octanol–water partition coefficient (Wildman–Crippen LogP) is 3.48. The van der Waals surface area contributed by atoms with Crippen molar-refractivity contribution in [3.8, 4) is 0 Å². The Morgan fingerprint density at radius 3 is 2.64 bits per heavy atom. The van der Waals surface area contributed by atoms with E-state index in [2.05, 4.69) is 25.7 Å². The third-order valence-electron chi connectivity index (χ3n) is 3.41. The molecule has 0 aliphatic carbocycles. The highest BCUT2D eigenvalue weighted by Crippen LogP contribution is 2.28. The number of para-hydroxylation sites is 1. The first-order valence-corrected chi connectivity index (χ1v) is 7.33. The number of carbonyl (C=O) groups excluding carboxylic acids is 1. The molecule has 0 spiro atoms. The molecule has 0 aliphatic heterocycles. The summed E-state index contributed by atoms with van der Waals surface area (Å²) >= 11 is 0. The molecule has 0 aliphatic rings. The highest BCUT2D eigenvalue weighted by Gasteiger charge is 2.16. The summed E-state index contributed by atoms with van der Waals surface area (Å²) in [6.45, 7) is 8.05. The summed E-state index contributed by atoms with van der Waals surface area (Å²) in [5.74, 6) is -0.654. The zero-order valence-electron chi connectivity index (χ0n) is 13.4. The first-order chi connectivity index (χ1) is 10.4. The van der Waals surface area contributed by atoms with Crippen molar-refractivity contribution in [2.45, 2.75) is 32.6 Å². The van der Waals surface area contributed by atoms with Gasteiger partial charge in [0.25, 0.3) is 0 Å². The largest absolute Gasteiger partial charge is 0.481 e. The number of anilines is 1. The van der Waals surface area contributed by atoms with E-state index in [1.54, 1.807) is 13.1 Å². The second-order valence-corrected chi connectivity index (χ2v) is 5.52. The SMILES string of the molecule is C=CCc1cccc(C(C)C)c1NC(=O)N(C)CCC(=O)O. The Hall–Kier alpha value is -2.30. The van der Waals surface area contributed by atoms with Gasteiger partial charge in [-0.1, -0.05) is 38.1 Å². The van der Waals surface area contributed by atoms with Crippen molar-refractivity contribution in [1.82, 2.24) is 4.90 Å². The maximum Gasteiger partial charge on any atom is 0.321 e. The topological polar surface area (TPSA) is 69.6 Å². The second-order valence-electron chi connectivity index (χ2n) is 5.52. The van der Waals surface area contributed by atoms with Crippen LogP contribution in [0.5, 0.6) is 0 Å². The standard InChI is InChI=1S/C17H24N2O3/c1-5-7-13-8-6-9-14(12(2)3)16(13)18-17(22)19(4)11-10-15(20)21/h5-6,8-9,12H,1,7,10-11H2,2-4H3,(H,18,22)(H,20,21). The lowest BCUT2D eigenvalue weighted by molar-refractivity contribution is -0.137. The zero-order chi connectivity index (χ0) is 16.7. The highest BCUT2D eigenvalue weighted by molar-refractivity contribution is 5.91. The van der Waals surface area contributed by atoms with E-state index in [-0.39, 0.29) is 24.9 Å². The normalized spacial score (nSPS) is 10.4. The summed E-state index contributed by atoms with van der Waals surface area (Å²) in [5.41, 5.74) is 2.85. The molecule has 22 heavy (non-hydrogen) atoms. The maximum atomic E-state index is 12.3. The Morgan fingerprint density at radius 2 is 2.09 bits per heavy atom. The number of nitrogens with one attached hydrogen (secondary N) is 1. The highest BCUT2D eigenvalue weighted by atomic mass is 16.4. The number of carboxylic acids is 1. The lowest BCUT2D eigenvalue weighted by Gasteiger charge is -2.21. The van der Waals surface area contributed by atoms with Gasteiger partial charge in [0, 0.05) is 19.3 Å². The van der Waals surface area contributed by atoms with E-state index in [0.29, 0.717) is 6.42 Å². The van der Waals surface area contributed by atoms with Crippen molar-refractivity contribution in [2.24, 2.45) is 0 Å². The summed E-state index contributed by atoms with van der Waals surface area (Å²) < 4.78 is 0. The number of urea groups is 1. The molecule has 0 radical (unpaired) electrons. The number of carboxylic acid groups (broad SMARTS) is 1. The Bertz CT molecular complexity index is 553. The fourth-order valence-electron chi connectivity index (χ4n) is 2.15. The van der Waals surface area contributed by atoms with Gasteiger partial charge < -0.3 is 15.3 Å². The molecule has 5 heteroatoms. The molecule has 1 aromatic rings. The summed E-state index contributed by atoms with van der Waals surface area (Å²) in [6.07, 6.45) is 2.38. The quantitative estimate of drug-likeness (QED) is 0.758. The van der Waals surface area contributed by atoms with Crippen LogP contribution in [0.15, 0.2) is 30.9 Å². The lowest BCUT2D eigenvalue weighted by Crippen LogP contribution is -2.33. The number of rotatable bonds is 7. The summed E-state index contributed by atoms with van der Waals surface area (Å²) in [4.78, 5) is 24.2. The predicted molar refractivity (Wildman–Crippen MR) is 88.3 cm³/mol. The van der Waals surface area contributed by atoms with E-state index in [4.69, 9.17) is 5.11 Å². The number of amides is 2. The van der Waals surface area contributed by atoms with Crippen LogP contribution in [0.3, 0.4) is 0 Å². The van der Waals surface area contributed by atoms with Crippen LogP contribution in [0, 0.1) is 0 Å². The van der Waals surface area contributed by atoms with Gasteiger partial charge in [-0.2, -0.15) is 0 Å². The van der Waals surface area contributed by atoms with Gasteiger partial charge in [0.15, 0.2) is 0 Å². The molecule has 0 bridgehead atoms. The average molecular weight is 304 g/mol. The van der Waals surface area contributed by atoms with Crippen molar-refractivity contribution in [2.75, 3.05) is 18.9 Å². The number of nitrogens with zero attached hydrogens (tertiary/aromatic N) is 1. The van der Waals surface area contributed by atoms with Crippen LogP contribution < -0.4 is 5.32 Å². The van der Waals surface area contributed by atoms with Crippen LogP contribution in [0.1, 0.15) is 37.3 Å². The van der Waals surface area contributed by atoms with E-state index in [1.165, 1.54) is 4.90 Å². The molecule has 120 valence electrons. The molecule has 1 rings (SSSR count). The first-order valence-electron chi connectivity index (χ1n) is 7.33. The van der Waals surface area contributed by atoms with Crippen molar-refractivity contribution < 1.29 is 14.7 Å². The molecular formula is C17H24N2O3. The monoisotopic (exact) mass is 304 g/mol. The summed E-state index contributed by atoms with van der Waals surface area (Å²) in [7, 11) is 1.59. The van der Waals surface area contributed by atoms with Crippen LogP contribution in [-0.4, -0.2) is 35.6 Å². The van der Waals surface area contributed by atoms with Gasteiger partial charge in [0.1, 0.15) is 0 Å².